The number of carbonyl (C=O) groups is 3. The van der Waals surface area contributed by atoms with E-state index in [0.717, 1.165) is 25.0 Å². The summed E-state index contributed by atoms with van der Waals surface area (Å²) in [6.45, 7) is 16.9. The molecule has 0 heterocycles. The first-order valence-corrected chi connectivity index (χ1v) is 11.7. The van der Waals surface area contributed by atoms with E-state index in [4.69, 9.17) is 0 Å². The predicted molar refractivity (Wildman–Crippen MR) is 123 cm³/mol. The summed E-state index contributed by atoms with van der Waals surface area (Å²) >= 11 is 0. The Bertz CT molecular complexity index is 623. The van der Waals surface area contributed by atoms with Gasteiger partial charge in [0.1, 0.15) is 0 Å². The molecule has 5 nitrogen and oxygen atoms in total. The van der Waals surface area contributed by atoms with Gasteiger partial charge in [0.2, 0.25) is 0 Å². The molecule has 0 radical (unpaired) electrons. The summed E-state index contributed by atoms with van der Waals surface area (Å²) in [4.78, 5) is 37.8. The van der Waals surface area contributed by atoms with E-state index in [-0.39, 0.29) is 40.8 Å². The van der Waals surface area contributed by atoms with Gasteiger partial charge in [-0.3, -0.25) is 14.4 Å². The highest BCUT2D eigenvalue weighted by Gasteiger charge is 2.37. The minimum Gasteiger partial charge on any atom is -0.388 e. The van der Waals surface area contributed by atoms with E-state index in [0.29, 0.717) is 37.3 Å². The average molecular weight is 421 g/mol. The molecular formula is C25H44N2O3. The maximum absolute atomic E-state index is 12.7. The van der Waals surface area contributed by atoms with E-state index in [1.54, 1.807) is 0 Å². The molecule has 0 saturated heterocycles. The molecule has 1 unspecified atom stereocenters. The smallest absolute Gasteiger partial charge is 0.168 e. The van der Waals surface area contributed by atoms with Crippen LogP contribution >= 0.6 is 0 Å². The molecule has 0 amide bonds. The van der Waals surface area contributed by atoms with Gasteiger partial charge in [0, 0.05) is 37.0 Å². The highest BCUT2D eigenvalue weighted by atomic mass is 16.2. The van der Waals surface area contributed by atoms with Gasteiger partial charge >= 0.3 is 0 Å². The fraction of sp³-hybridized carbons (Fsp3) is 0.800. The standard InChI is InChI=1S/C25H44N2O3/c1-16(2)13-20(23-21(28)14-25(7,8)15-22(23)29)26-12-10-9-11-19(27-18(5)6)24(30)17(3)4/h16-19,26-27H,9-15H2,1-8H3. The van der Waals surface area contributed by atoms with Crippen LogP contribution in [-0.4, -0.2) is 36.0 Å². The molecule has 30 heavy (non-hydrogen) atoms. The van der Waals surface area contributed by atoms with Crippen LogP contribution in [0, 0.1) is 17.3 Å². The highest BCUT2D eigenvalue weighted by molar-refractivity contribution is 6.22. The van der Waals surface area contributed by atoms with Crippen molar-refractivity contribution in [1.82, 2.24) is 10.6 Å². The molecule has 1 atom stereocenters. The SMILES string of the molecule is CC(C)CC(NCCCCC(NC(C)C)C(=O)C(C)C)=C1C(=O)CC(C)(C)CC1=O. The van der Waals surface area contributed by atoms with E-state index < -0.39 is 0 Å². The third-order valence-electron chi connectivity index (χ3n) is 5.46. The lowest BCUT2D eigenvalue weighted by atomic mass is 9.73. The summed E-state index contributed by atoms with van der Waals surface area (Å²) in [7, 11) is 0. The first-order valence-electron chi connectivity index (χ1n) is 11.7. The van der Waals surface area contributed by atoms with E-state index in [2.05, 4.69) is 38.3 Å². The Morgan fingerprint density at radius 3 is 2.00 bits per heavy atom. The van der Waals surface area contributed by atoms with Gasteiger partial charge < -0.3 is 10.6 Å². The van der Waals surface area contributed by atoms with E-state index >= 15 is 0 Å². The Balaban J connectivity index is 2.72. The number of Topliss-reactive ketones (excluding diaryl/α,β-unsaturated/α-hetero) is 3. The van der Waals surface area contributed by atoms with Crippen LogP contribution in [0.3, 0.4) is 0 Å². The molecule has 1 fully saturated rings. The van der Waals surface area contributed by atoms with E-state index in [1.807, 2.05) is 27.7 Å². The minimum absolute atomic E-state index is 0.0225. The van der Waals surface area contributed by atoms with Crippen molar-refractivity contribution in [3.05, 3.63) is 11.3 Å². The molecule has 0 spiro atoms. The fourth-order valence-corrected chi connectivity index (χ4v) is 4.10. The summed E-state index contributed by atoms with van der Waals surface area (Å²) in [6, 6.07) is 0.160. The molecule has 5 heteroatoms. The van der Waals surface area contributed by atoms with Crippen LogP contribution in [0.2, 0.25) is 0 Å². The Morgan fingerprint density at radius 1 is 0.967 bits per heavy atom. The second-order valence-electron chi connectivity index (χ2n) is 10.7. The predicted octanol–water partition coefficient (Wildman–Crippen LogP) is 4.60. The number of rotatable bonds is 12. The Hall–Kier alpha value is -1.49. The first-order chi connectivity index (χ1) is 13.8. The molecule has 1 aliphatic carbocycles. The Kier molecular flexibility index (Phi) is 10.4. The Morgan fingerprint density at radius 2 is 1.53 bits per heavy atom. The molecule has 0 aromatic heterocycles. The van der Waals surface area contributed by atoms with Crippen molar-refractivity contribution >= 4 is 17.3 Å². The zero-order chi connectivity index (χ0) is 23.1. The monoisotopic (exact) mass is 420 g/mol. The number of hydrogen-bond donors (Lipinski definition) is 2. The highest BCUT2D eigenvalue weighted by Crippen LogP contribution is 2.35. The van der Waals surface area contributed by atoms with Crippen LogP contribution in [0.5, 0.6) is 0 Å². The lowest BCUT2D eigenvalue weighted by molar-refractivity contribution is -0.127. The van der Waals surface area contributed by atoms with Gasteiger partial charge in [0.05, 0.1) is 11.6 Å². The number of hydrogen-bond acceptors (Lipinski definition) is 5. The Labute approximate surface area is 183 Å². The summed E-state index contributed by atoms with van der Waals surface area (Å²) in [5.41, 5.74) is 0.963. The molecule has 0 bridgehead atoms. The average Bonchev–Trinajstić information content (AvgIpc) is 2.56. The van der Waals surface area contributed by atoms with Crippen molar-refractivity contribution in [1.29, 1.82) is 0 Å². The zero-order valence-corrected chi connectivity index (χ0v) is 20.5. The second kappa shape index (κ2) is 11.8. The first kappa shape index (κ1) is 26.5. The van der Waals surface area contributed by atoms with Crippen LogP contribution in [0.4, 0.5) is 0 Å². The lowest BCUT2D eigenvalue weighted by Crippen LogP contribution is -2.42. The van der Waals surface area contributed by atoms with Crippen LogP contribution in [0.25, 0.3) is 0 Å². The maximum Gasteiger partial charge on any atom is 0.168 e. The van der Waals surface area contributed by atoms with Gasteiger partial charge in [-0.2, -0.15) is 0 Å². The number of carbonyl (C=O) groups excluding carboxylic acids is 3. The molecule has 2 N–H and O–H groups in total. The van der Waals surface area contributed by atoms with Crippen molar-refractivity contribution < 1.29 is 14.4 Å². The van der Waals surface area contributed by atoms with Crippen LogP contribution < -0.4 is 10.6 Å². The van der Waals surface area contributed by atoms with Crippen molar-refractivity contribution in [3.63, 3.8) is 0 Å². The molecule has 1 saturated carbocycles. The van der Waals surface area contributed by atoms with Crippen LogP contribution in [0.1, 0.15) is 93.9 Å². The third-order valence-corrected chi connectivity index (χ3v) is 5.46. The summed E-state index contributed by atoms with van der Waals surface area (Å²) in [6.07, 6.45) is 4.17. The summed E-state index contributed by atoms with van der Waals surface area (Å²) in [5, 5.41) is 6.80. The van der Waals surface area contributed by atoms with Crippen molar-refractivity contribution in [2.24, 2.45) is 17.3 Å². The molecular weight excluding hydrogens is 376 g/mol. The largest absolute Gasteiger partial charge is 0.388 e. The van der Waals surface area contributed by atoms with E-state index in [1.165, 1.54) is 0 Å². The summed E-state index contributed by atoms with van der Waals surface area (Å²) < 4.78 is 0. The normalized spacial score (nSPS) is 17.8. The molecule has 1 rings (SSSR count). The summed E-state index contributed by atoms with van der Waals surface area (Å²) in [5.74, 6) is 0.597. The molecule has 172 valence electrons. The fourth-order valence-electron chi connectivity index (χ4n) is 4.10. The third kappa shape index (κ3) is 8.71. The topological polar surface area (TPSA) is 75.3 Å². The molecule has 0 aromatic carbocycles. The number of ketones is 3. The van der Waals surface area contributed by atoms with Gasteiger partial charge in [0.25, 0.3) is 0 Å². The quantitative estimate of drug-likeness (QED) is 0.274. The molecule has 1 aliphatic rings. The number of allylic oxidation sites excluding steroid dienone is 2. The molecule has 0 aromatic rings. The van der Waals surface area contributed by atoms with Crippen molar-refractivity contribution in [2.75, 3.05) is 6.54 Å². The van der Waals surface area contributed by atoms with Gasteiger partial charge in [0.15, 0.2) is 17.3 Å². The molecule has 0 aliphatic heterocycles. The van der Waals surface area contributed by atoms with Gasteiger partial charge in [-0.1, -0.05) is 55.4 Å². The second-order valence-corrected chi connectivity index (χ2v) is 10.7. The maximum atomic E-state index is 12.7. The number of unbranched alkanes of at least 4 members (excludes halogenated alkanes) is 1. The minimum atomic E-state index is -0.248. The van der Waals surface area contributed by atoms with Gasteiger partial charge in [-0.25, -0.2) is 0 Å². The van der Waals surface area contributed by atoms with Crippen molar-refractivity contribution in [2.45, 2.75) is 106 Å². The zero-order valence-electron chi connectivity index (χ0n) is 20.5. The van der Waals surface area contributed by atoms with Gasteiger partial charge in [-0.15, -0.1) is 0 Å². The lowest BCUT2D eigenvalue weighted by Gasteiger charge is -2.30. The van der Waals surface area contributed by atoms with E-state index in [9.17, 15) is 14.4 Å². The van der Waals surface area contributed by atoms with Crippen molar-refractivity contribution in [3.8, 4) is 0 Å². The van der Waals surface area contributed by atoms with Crippen LogP contribution in [-0.2, 0) is 14.4 Å². The van der Waals surface area contributed by atoms with Crippen LogP contribution in [0.15, 0.2) is 11.3 Å². The number of nitrogens with one attached hydrogen (secondary N) is 2. The van der Waals surface area contributed by atoms with Gasteiger partial charge in [-0.05, 0) is 37.0 Å².